The maximum absolute atomic E-state index is 12.5. The highest BCUT2D eigenvalue weighted by Crippen LogP contribution is 2.46. The van der Waals surface area contributed by atoms with Crippen molar-refractivity contribution in [2.75, 3.05) is 33.6 Å². The molecule has 10 nitrogen and oxygen atoms in total. The van der Waals surface area contributed by atoms with Gasteiger partial charge in [0.2, 0.25) is 11.7 Å². The van der Waals surface area contributed by atoms with Crippen LogP contribution in [-0.2, 0) is 19.1 Å². The van der Waals surface area contributed by atoms with Crippen LogP contribution in [0.5, 0.6) is 17.2 Å². The van der Waals surface area contributed by atoms with E-state index in [2.05, 4.69) is 4.74 Å². The number of methoxy groups -OCH3 is 3. The lowest BCUT2D eigenvalue weighted by atomic mass is 9.93. The lowest BCUT2D eigenvalue weighted by Crippen LogP contribution is -2.51. The molecule has 0 bridgehead atoms. The molecule has 172 valence electrons. The van der Waals surface area contributed by atoms with Crippen LogP contribution in [0.3, 0.4) is 0 Å². The van der Waals surface area contributed by atoms with Crippen molar-refractivity contribution in [3.8, 4) is 17.2 Å². The van der Waals surface area contributed by atoms with Crippen molar-refractivity contribution in [3.63, 3.8) is 0 Å². The van der Waals surface area contributed by atoms with Crippen LogP contribution < -0.4 is 14.2 Å². The summed E-state index contributed by atoms with van der Waals surface area (Å²) in [5, 5.41) is 20.0. The van der Waals surface area contributed by atoms with Gasteiger partial charge < -0.3 is 34.1 Å². The van der Waals surface area contributed by atoms with E-state index < -0.39 is 29.0 Å². The molecule has 2 rings (SSSR count). The summed E-state index contributed by atoms with van der Waals surface area (Å²) < 4.78 is 20.5. The molecule has 11 heteroatoms. The summed E-state index contributed by atoms with van der Waals surface area (Å²) in [7, 11) is 3.93. The van der Waals surface area contributed by atoms with Gasteiger partial charge in [0.25, 0.3) is 0 Å². The second-order valence-corrected chi connectivity index (χ2v) is 8.01. The van der Waals surface area contributed by atoms with Crippen LogP contribution in [0.15, 0.2) is 12.1 Å². The molecule has 1 aliphatic heterocycles. The van der Waals surface area contributed by atoms with E-state index in [1.165, 1.54) is 44.7 Å². The van der Waals surface area contributed by atoms with Crippen LogP contribution >= 0.6 is 11.8 Å². The van der Waals surface area contributed by atoms with Gasteiger partial charge >= 0.3 is 11.9 Å². The molecule has 1 fully saturated rings. The predicted molar refractivity (Wildman–Crippen MR) is 111 cm³/mol. The molecule has 0 aliphatic carbocycles. The summed E-state index contributed by atoms with van der Waals surface area (Å²) in [6.45, 7) is 2.52. The molecule has 0 radical (unpaired) electrons. The summed E-state index contributed by atoms with van der Waals surface area (Å²) in [6, 6.07) is 3.26. The van der Waals surface area contributed by atoms with Crippen molar-refractivity contribution >= 4 is 29.6 Å². The van der Waals surface area contributed by atoms with Gasteiger partial charge in [-0.3, -0.25) is 9.59 Å². The molecule has 31 heavy (non-hydrogen) atoms. The van der Waals surface area contributed by atoms with E-state index in [4.69, 9.17) is 14.2 Å². The number of esters is 2. The quantitative estimate of drug-likeness (QED) is 0.407. The first-order valence-electron chi connectivity index (χ1n) is 9.43. The van der Waals surface area contributed by atoms with Gasteiger partial charge in [-0.1, -0.05) is 0 Å². The average Bonchev–Trinajstić information content (AvgIpc) is 3.11. The summed E-state index contributed by atoms with van der Waals surface area (Å²) in [5.41, 5.74) is -1.51. The van der Waals surface area contributed by atoms with Gasteiger partial charge in [-0.05, 0) is 24.6 Å². The van der Waals surface area contributed by atoms with Crippen LogP contribution in [0.2, 0.25) is 0 Å². The maximum Gasteiger partial charge on any atom is 0.340 e. The van der Waals surface area contributed by atoms with Crippen LogP contribution in [-0.4, -0.2) is 78.3 Å². The summed E-state index contributed by atoms with van der Waals surface area (Å²) in [5.74, 6) is -0.916. The minimum absolute atomic E-state index is 0.0106. The molecule has 1 amide bonds. The Balaban J connectivity index is 2.36. The first-order chi connectivity index (χ1) is 14.6. The summed E-state index contributed by atoms with van der Waals surface area (Å²) in [6.07, 6.45) is -1.62. The number of amides is 1. The summed E-state index contributed by atoms with van der Waals surface area (Å²) in [4.78, 5) is 37.4. The third kappa shape index (κ3) is 5.23. The van der Waals surface area contributed by atoms with Crippen LogP contribution in [0.4, 0.5) is 0 Å². The van der Waals surface area contributed by atoms with E-state index in [-0.39, 0.29) is 41.9 Å². The zero-order valence-electron chi connectivity index (χ0n) is 18.0. The molecule has 2 N–H and O–H groups in total. The number of thioether (sulfide) groups is 1. The van der Waals surface area contributed by atoms with E-state index in [9.17, 15) is 24.6 Å². The van der Waals surface area contributed by atoms with Crippen LogP contribution in [0.25, 0.3) is 0 Å². The number of hydrogen-bond donors (Lipinski definition) is 2. The molecule has 1 aromatic rings. The molecule has 0 saturated carbocycles. The third-order valence-electron chi connectivity index (χ3n) is 4.95. The Morgan fingerprint density at radius 3 is 2.29 bits per heavy atom. The standard InChI is InChI=1S/C20H27NO9S/c1-11(22)20(26,19(25)29-5)6-7-21-16(24)10-31-18(21)13-8-14(27-3)17(30-12(2)23)15(9-13)28-4/h8-9,11,18,22,26H,6-7,10H2,1-5H3. The molecule has 3 unspecified atom stereocenters. The van der Waals surface area contributed by atoms with Gasteiger partial charge in [-0.2, -0.15) is 0 Å². The molecule has 1 heterocycles. The molecule has 1 saturated heterocycles. The zero-order chi connectivity index (χ0) is 23.3. The first-order valence-corrected chi connectivity index (χ1v) is 10.5. The number of carbonyl (C=O) groups excluding carboxylic acids is 3. The Kier molecular flexibility index (Phi) is 8.15. The Morgan fingerprint density at radius 2 is 1.84 bits per heavy atom. The minimum Gasteiger partial charge on any atom is -0.493 e. The Labute approximate surface area is 184 Å². The SMILES string of the molecule is COC(=O)C(O)(CCN1C(=O)CSC1c1cc(OC)c(OC(C)=O)c(OC)c1)C(C)O. The second-order valence-electron chi connectivity index (χ2n) is 6.94. The van der Waals surface area contributed by atoms with Crippen molar-refractivity contribution < 1.29 is 43.5 Å². The molecule has 0 aromatic heterocycles. The van der Waals surface area contributed by atoms with Gasteiger partial charge in [0.15, 0.2) is 17.1 Å². The van der Waals surface area contributed by atoms with Crippen LogP contribution in [0, 0.1) is 0 Å². The van der Waals surface area contributed by atoms with Crippen LogP contribution in [0.1, 0.15) is 31.2 Å². The first kappa shape index (κ1) is 24.8. The highest BCUT2D eigenvalue weighted by Gasteiger charge is 2.44. The number of nitrogens with zero attached hydrogens (tertiary/aromatic N) is 1. The number of aliphatic hydroxyl groups excluding tert-OH is 1. The molecule has 1 aliphatic rings. The second kappa shape index (κ2) is 10.2. The largest absolute Gasteiger partial charge is 0.493 e. The Bertz CT molecular complexity index is 819. The van der Waals surface area contributed by atoms with Crippen molar-refractivity contribution in [3.05, 3.63) is 17.7 Å². The Morgan fingerprint density at radius 1 is 1.26 bits per heavy atom. The number of aliphatic hydroxyl groups is 2. The van der Waals surface area contributed by atoms with E-state index in [1.54, 1.807) is 12.1 Å². The summed E-state index contributed by atoms with van der Waals surface area (Å²) >= 11 is 1.34. The smallest absolute Gasteiger partial charge is 0.340 e. The molecule has 1 aromatic carbocycles. The van der Waals surface area contributed by atoms with E-state index >= 15 is 0 Å². The van der Waals surface area contributed by atoms with Crippen molar-refractivity contribution in [1.29, 1.82) is 0 Å². The topological polar surface area (TPSA) is 132 Å². The third-order valence-corrected chi connectivity index (χ3v) is 6.20. The van der Waals surface area contributed by atoms with E-state index in [0.717, 1.165) is 7.11 Å². The van der Waals surface area contributed by atoms with Gasteiger partial charge in [-0.15, -0.1) is 11.8 Å². The fraction of sp³-hybridized carbons (Fsp3) is 0.550. The van der Waals surface area contributed by atoms with Gasteiger partial charge in [0.1, 0.15) is 5.37 Å². The fourth-order valence-electron chi connectivity index (χ4n) is 3.21. The van der Waals surface area contributed by atoms with Crippen molar-refractivity contribution in [2.45, 2.75) is 37.3 Å². The van der Waals surface area contributed by atoms with E-state index in [1.807, 2.05) is 0 Å². The van der Waals surface area contributed by atoms with E-state index in [0.29, 0.717) is 5.56 Å². The number of hydrogen-bond acceptors (Lipinski definition) is 10. The highest BCUT2D eigenvalue weighted by atomic mass is 32.2. The van der Waals surface area contributed by atoms with Gasteiger partial charge in [-0.25, -0.2) is 4.79 Å². The Hall–Kier alpha value is -2.50. The number of benzene rings is 1. The van der Waals surface area contributed by atoms with Crippen molar-refractivity contribution in [1.82, 2.24) is 4.90 Å². The zero-order valence-corrected chi connectivity index (χ0v) is 18.9. The van der Waals surface area contributed by atoms with Crippen molar-refractivity contribution in [2.24, 2.45) is 0 Å². The lowest BCUT2D eigenvalue weighted by Gasteiger charge is -2.32. The molecular formula is C20H27NO9S. The lowest BCUT2D eigenvalue weighted by molar-refractivity contribution is -0.176. The fourth-order valence-corrected chi connectivity index (χ4v) is 4.41. The van der Waals surface area contributed by atoms with Gasteiger partial charge in [0.05, 0.1) is 33.2 Å². The number of rotatable bonds is 9. The maximum atomic E-state index is 12.5. The monoisotopic (exact) mass is 457 g/mol. The minimum atomic E-state index is -2.15. The average molecular weight is 458 g/mol. The number of ether oxygens (including phenoxy) is 4. The normalized spacial score (nSPS) is 18.9. The van der Waals surface area contributed by atoms with Gasteiger partial charge in [0, 0.05) is 19.9 Å². The highest BCUT2D eigenvalue weighted by molar-refractivity contribution is 8.00. The predicted octanol–water partition coefficient (Wildman–Crippen LogP) is 0.878. The molecule has 3 atom stereocenters. The molecular weight excluding hydrogens is 430 g/mol. The molecule has 0 spiro atoms. The number of carbonyl (C=O) groups is 3.